The SMILES string of the molecule is NC(=O)c1cccc(N[SH]=O)c1. The number of primary amides is 1. The number of carbonyl (C=O) groups is 1. The van der Waals surface area contributed by atoms with Gasteiger partial charge in [0, 0.05) is 11.3 Å². The van der Waals surface area contributed by atoms with Crippen molar-refractivity contribution in [2.45, 2.75) is 0 Å². The van der Waals surface area contributed by atoms with Crippen LogP contribution in [0.1, 0.15) is 10.4 Å². The van der Waals surface area contributed by atoms with Crippen molar-refractivity contribution in [3.05, 3.63) is 29.8 Å². The van der Waals surface area contributed by atoms with E-state index in [0.29, 0.717) is 11.3 Å². The van der Waals surface area contributed by atoms with E-state index in [-0.39, 0.29) is 11.9 Å². The summed E-state index contributed by atoms with van der Waals surface area (Å²) in [6.45, 7) is 0. The van der Waals surface area contributed by atoms with Gasteiger partial charge in [0.15, 0.2) is 0 Å². The molecule has 5 heteroatoms. The minimum Gasteiger partial charge on any atom is -0.366 e. The number of thiol groups is 1. The summed E-state index contributed by atoms with van der Waals surface area (Å²) in [7, 11) is 0. The van der Waals surface area contributed by atoms with Crippen LogP contribution in [0.4, 0.5) is 5.69 Å². The van der Waals surface area contributed by atoms with E-state index >= 15 is 0 Å². The molecule has 1 rings (SSSR count). The summed E-state index contributed by atoms with van der Waals surface area (Å²) in [5.74, 6) is -0.499. The molecule has 0 aliphatic carbocycles. The van der Waals surface area contributed by atoms with Gasteiger partial charge in [-0.15, -0.1) is 0 Å². The Labute approximate surface area is 73.4 Å². The first-order valence-corrected chi connectivity index (χ1v) is 4.03. The molecular formula is C7H8N2O2S. The highest BCUT2D eigenvalue weighted by Gasteiger charge is 1.99. The summed E-state index contributed by atoms with van der Waals surface area (Å²) in [4.78, 5) is 10.7. The van der Waals surface area contributed by atoms with Gasteiger partial charge in [0.05, 0.1) is 0 Å². The van der Waals surface area contributed by atoms with Gasteiger partial charge in [0.2, 0.25) is 5.91 Å². The average molecular weight is 184 g/mol. The Morgan fingerprint density at radius 2 is 2.25 bits per heavy atom. The topological polar surface area (TPSA) is 72.2 Å². The van der Waals surface area contributed by atoms with Gasteiger partial charge in [-0.2, -0.15) is 0 Å². The highest BCUT2D eigenvalue weighted by Crippen LogP contribution is 2.08. The summed E-state index contributed by atoms with van der Waals surface area (Å²) in [5, 5.41) is 0. The second-order valence-electron chi connectivity index (χ2n) is 2.15. The number of nitrogens with two attached hydrogens (primary N) is 1. The van der Waals surface area contributed by atoms with Crippen molar-refractivity contribution in [2.24, 2.45) is 5.73 Å². The molecule has 0 atom stereocenters. The summed E-state index contributed by atoms with van der Waals surface area (Å²) >= 11 is -0.202. The molecule has 0 saturated carbocycles. The number of benzene rings is 1. The Balaban J connectivity index is 2.95. The molecule has 3 N–H and O–H groups in total. The van der Waals surface area contributed by atoms with Crippen molar-refractivity contribution in [1.82, 2.24) is 0 Å². The minimum absolute atomic E-state index is 0.202. The Kier molecular flexibility index (Phi) is 2.82. The first-order chi connectivity index (χ1) is 5.74. The number of hydrogen-bond acceptors (Lipinski definition) is 2. The lowest BCUT2D eigenvalue weighted by Crippen LogP contribution is -2.10. The van der Waals surface area contributed by atoms with Gasteiger partial charge in [-0.05, 0) is 18.2 Å². The zero-order valence-corrected chi connectivity index (χ0v) is 7.04. The average Bonchev–Trinajstić information content (AvgIpc) is 2.05. The number of carbonyl (C=O) groups excluding carboxylic acids is 1. The smallest absolute Gasteiger partial charge is 0.248 e. The molecule has 0 aliphatic rings. The minimum atomic E-state index is -0.499. The van der Waals surface area contributed by atoms with Gasteiger partial charge in [0.1, 0.15) is 11.9 Å². The lowest BCUT2D eigenvalue weighted by molar-refractivity contribution is 0.100. The number of amides is 1. The molecule has 0 heterocycles. The van der Waals surface area contributed by atoms with Crippen LogP contribution >= 0.6 is 0 Å². The molecule has 0 saturated heterocycles. The van der Waals surface area contributed by atoms with Gasteiger partial charge in [-0.3, -0.25) is 4.79 Å². The van der Waals surface area contributed by atoms with Crippen LogP contribution in [0.3, 0.4) is 0 Å². The van der Waals surface area contributed by atoms with E-state index in [2.05, 4.69) is 4.72 Å². The first kappa shape index (κ1) is 8.73. The molecule has 0 bridgehead atoms. The summed E-state index contributed by atoms with van der Waals surface area (Å²) in [6.07, 6.45) is 0. The van der Waals surface area contributed by atoms with Gasteiger partial charge in [-0.1, -0.05) is 6.07 Å². The van der Waals surface area contributed by atoms with Crippen molar-refractivity contribution < 1.29 is 9.00 Å². The maximum atomic E-state index is 10.7. The number of rotatable bonds is 3. The second-order valence-corrected chi connectivity index (χ2v) is 2.55. The van der Waals surface area contributed by atoms with Gasteiger partial charge in [0.25, 0.3) is 0 Å². The third kappa shape index (κ3) is 2.06. The molecule has 0 unspecified atom stereocenters. The van der Waals surface area contributed by atoms with Gasteiger partial charge in [-0.25, -0.2) is 4.21 Å². The lowest BCUT2D eigenvalue weighted by Gasteiger charge is -1.99. The van der Waals surface area contributed by atoms with E-state index in [4.69, 9.17) is 5.73 Å². The molecule has 1 amide bonds. The summed E-state index contributed by atoms with van der Waals surface area (Å²) in [6, 6.07) is 6.48. The van der Waals surface area contributed by atoms with Crippen LogP contribution in [0.15, 0.2) is 24.3 Å². The quantitative estimate of drug-likeness (QED) is 0.581. The zero-order chi connectivity index (χ0) is 8.97. The van der Waals surface area contributed by atoms with E-state index in [1.165, 1.54) is 6.07 Å². The number of hydrogen-bond donors (Lipinski definition) is 3. The van der Waals surface area contributed by atoms with Crippen LogP contribution in [0.2, 0.25) is 0 Å². The van der Waals surface area contributed by atoms with Crippen LogP contribution in [0, 0.1) is 0 Å². The Hall–Kier alpha value is -1.36. The normalized spacial score (nSPS) is 9.33. The molecule has 1 aromatic carbocycles. The monoisotopic (exact) mass is 184 g/mol. The highest BCUT2D eigenvalue weighted by atomic mass is 32.2. The van der Waals surface area contributed by atoms with Crippen LogP contribution < -0.4 is 10.5 Å². The predicted molar refractivity (Wildman–Crippen MR) is 48.1 cm³/mol. The van der Waals surface area contributed by atoms with Crippen molar-refractivity contribution in [3.63, 3.8) is 0 Å². The molecule has 0 fully saturated rings. The molecule has 0 radical (unpaired) electrons. The Morgan fingerprint density at radius 1 is 1.50 bits per heavy atom. The fourth-order valence-corrected chi connectivity index (χ4v) is 1.04. The molecular weight excluding hydrogens is 176 g/mol. The van der Waals surface area contributed by atoms with Crippen LogP contribution in [-0.2, 0) is 11.9 Å². The van der Waals surface area contributed by atoms with E-state index in [9.17, 15) is 9.00 Å². The van der Waals surface area contributed by atoms with Crippen molar-refractivity contribution in [1.29, 1.82) is 0 Å². The van der Waals surface area contributed by atoms with Gasteiger partial charge >= 0.3 is 0 Å². The Bertz CT molecular complexity index is 314. The van der Waals surface area contributed by atoms with Gasteiger partial charge < -0.3 is 10.5 Å². The van der Waals surface area contributed by atoms with Crippen LogP contribution in [0.25, 0.3) is 0 Å². The largest absolute Gasteiger partial charge is 0.366 e. The van der Waals surface area contributed by atoms with E-state index in [0.717, 1.165) is 0 Å². The molecule has 4 nitrogen and oxygen atoms in total. The number of nitrogens with one attached hydrogen (secondary N) is 1. The predicted octanol–water partition coefficient (Wildman–Crippen LogP) is 0.0577. The number of anilines is 1. The molecule has 0 aromatic heterocycles. The van der Waals surface area contributed by atoms with Crippen molar-refractivity contribution in [2.75, 3.05) is 4.72 Å². The Morgan fingerprint density at radius 3 is 2.83 bits per heavy atom. The van der Waals surface area contributed by atoms with E-state index in [1.807, 2.05) is 0 Å². The molecule has 0 spiro atoms. The maximum absolute atomic E-state index is 10.7. The van der Waals surface area contributed by atoms with E-state index < -0.39 is 5.91 Å². The first-order valence-electron chi connectivity index (χ1n) is 3.22. The molecule has 0 aliphatic heterocycles. The third-order valence-electron chi connectivity index (χ3n) is 1.32. The fraction of sp³-hybridized carbons (Fsp3) is 0. The molecule has 12 heavy (non-hydrogen) atoms. The third-order valence-corrected chi connectivity index (χ3v) is 1.67. The standard InChI is InChI=1S/C7H8N2O2S/c8-7(10)5-2-1-3-6(4-5)9-12-11/h1-4,12H,(H2,8,10)(H,9,11). The maximum Gasteiger partial charge on any atom is 0.248 e. The van der Waals surface area contributed by atoms with Crippen molar-refractivity contribution in [3.8, 4) is 0 Å². The van der Waals surface area contributed by atoms with E-state index in [1.54, 1.807) is 18.2 Å². The second kappa shape index (κ2) is 3.87. The van der Waals surface area contributed by atoms with Crippen molar-refractivity contribution >= 4 is 23.4 Å². The summed E-state index contributed by atoms with van der Waals surface area (Å²) < 4.78 is 12.6. The summed E-state index contributed by atoms with van der Waals surface area (Å²) in [5.41, 5.74) is 6.02. The lowest BCUT2D eigenvalue weighted by atomic mass is 10.2. The highest BCUT2D eigenvalue weighted by molar-refractivity contribution is 7.67. The zero-order valence-electron chi connectivity index (χ0n) is 6.15. The van der Waals surface area contributed by atoms with Crippen LogP contribution in [0.5, 0.6) is 0 Å². The van der Waals surface area contributed by atoms with Crippen LogP contribution in [-0.4, -0.2) is 10.1 Å². The molecule has 1 aromatic rings. The fourth-order valence-electron chi connectivity index (χ4n) is 0.795. The molecule has 64 valence electrons.